The molecule has 0 saturated heterocycles. The fourth-order valence-electron chi connectivity index (χ4n) is 0.698. The highest BCUT2D eigenvalue weighted by atomic mass is 32.2. The van der Waals surface area contributed by atoms with E-state index in [2.05, 4.69) is 4.42 Å². The maximum absolute atomic E-state index is 11.1. The van der Waals surface area contributed by atoms with Crippen molar-refractivity contribution in [3.05, 3.63) is 17.9 Å². The molecule has 1 rings (SSSR count). The Kier molecular flexibility index (Phi) is 2.39. The van der Waals surface area contributed by atoms with Gasteiger partial charge < -0.3 is 10.2 Å². The van der Waals surface area contributed by atoms with Crippen LogP contribution in [0.4, 0.5) is 0 Å². The minimum Gasteiger partial charge on any atom is -0.438 e. The monoisotopic (exact) mass is 204 g/mol. The average Bonchev–Trinajstić information content (AvgIpc) is 2.52. The van der Waals surface area contributed by atoms with Gasteiger partial charge in [0.15, 0.2) is 5.76 Å². The Morgan fingerprint density at radius 2 is 2.15 bits per heavy atom. The van der Waals surface area contributed by atoms with Gasteiger partial charge in [-0.15, -0.1) is 0 Å². The highest BCUT2D eigenvalue weighted by molar-refractivity contribution is 7.89. The molecule has 0 atom stereocenters. The van der Waals surface area contributed by atoms with Crippen molar-refractivity contribution in [2.75, 3.05) is 7.05 Å². The number of furan rings is 1. The third-order valence-electron chi connectivity index (χ3n) is 1.36. The summed E-state index contributed by atoms with van der Waals surface area (Å²) in [4.78, 5) is 10.5. The van der Waals surface area contributed by atoms with E-state index in [1.165, 1.54) is 13.1 Å². The predicted octanol–water partition coefficient (Wildman–Crippen LogP) is -0.713. The normalized spacial score (nSPS) is 11.5. The van der Waals surface area contributed by atoms with Gasteiger partial charge in [-0.2, -0.15) is 0 Å². The first-order valence-electron chi connectivity index (χ1n) is 3.30. The first kappa shape index (κ1) is 9.75. The van der Waals surface area contributed by atoms with Gasteiger partial charge >= 0.3 is 0 Å². The van der Waals surface area contributed by atoms with Gasteiger partial charge in [0.05, 0.1) is 0 Å². The molecular weight excluding hydrogens is 196 g/mol. The van der Waals surface area contributed by atoms with E-state index in [4.69, 9.17) is 5.73 Å². The minimum atomic E-state index is -3.64. The van der Waals surface area contributed by atoms with E-state index >= 15 is 0 Å². The Hall–Kier alpha value is -1.34. The van der Waals surface area contributed by atoms with E-state index in [9.17, 15) is 13.2 Å². The zero-order valence-electron chi connectivity index (χ0n) is 6.77. The quantitative estimate of drug-likeness (QED) is 0.678. The molecule has 72 valence electrons. The van der Waals surface area contributed by atoms with Gasteiger partial charge in [0, 0.05) is 0 Å². The molecule has 0 aliphatic carbocycles. The lowest BCUT2D eigenvalue weighted by atomic mass is 10.4. The molecule has 0 aromatic carbocycles. The van der Waals surface area contributed by atoms with Gasteiger partial charge in [-0.3, -0.25) is 4.79 Å². The second-order valence-corrected chi connectivity index (χ2v) is 4.01. The van der Waals surface area contributed by atoms with Crippen LogP contribution < -0.4 is 10.5 Å². The molecule has 13 heavy (non-hydrogen) atoms. The van der Waals surface area contributed by atoms with E-state index in [1.54, 1.807) is 0 Å². The summed E-state index contributed by atoms with van der Waals surface area (Å²) in [6.07, 6.45) is 0. The maximum Gasteiger partial charge on any atom is 0.284 e. The molecule has 0 saturated carbocycles. The summed E-state index contributed by atoms with van der Waals surface area (Å²) >= 11 is 0. The number of carbonyl (C=O) groups excluding carboxylic acids is 1. The summed E-state index contributed by atoms with van der Waals surface area (Å²) in [5.74, 6) is -0.994. The molecule has 0 unspecified atom stereocenters. The van der Waals surface area contributed by atoms with Gasteiger partial charge in [-0.25, -0.2) is 13.1 Å². The number of nitrogens with two attached hydrogens (primary N) is 1. The number of primary amides is 1. The molecule has 0 aliphatic rings. The van der Waals surface area contributed by atoms with Crippen molar-refractivity contribution in [1.82, 2.24) is 4.72 Å². The molecular formula is C6H8N2O4S. The summed E-state index contributed by atoms with van der Waals surface area (Å²) in [5.41, 5.74) is 4.86. The topological polar surface area (TPSA) is 102 Å². The number of hydrogen-bond donors (Lipinski definition) is 2. The van der Waals surface area contributed by atoms with Gasteiger partial charge in [0.1, 0.15) is 0 Å². The summed E-state index contributed by atoms with van der Waals surface area (Å²) < 4.78 is 28.9. The van der Waals surface area contributed by atoms with Crippen molar-refractivity contribution >= 4 is 15.9 Å². The molecule has 6 nitrogen and oxygen atoms in total. The third kappa shape index (κ3) is 1.87. The molecule has 0 aliphatic heterocycles. The molecule has 1 heterocycles. The van der Waals surface area contributed by atoms with Crippen LogP contribution in [0.2, 0.25) is 0 Å². The fraction of sp³-hybridized carbons (Fsp3) is 0.167. The lowest BCUT2D eigenvalue weighted by Crippen LogP contribution is -2.18. The lowest BCUT2D eigenvalue weighted by Gasteiger charge is -1.95. The van der Waals surface area contributed by atoms with Crippen molar-refractivity contribution in [3.8, 4) is 0 Å². The van der Waals surface area contributed by atoms with Crippen LogP contribution in [0.3, 0.4) is 0 Å². The van der Waals surface area contributed by atoms with Crippen LogP contribution >= 0.6 is 0 Å². The number of carbonyl (C=O) groups is 1. The Labute approximate surface area is 74.8 Å². The molecule has 1 amide bonds. The minimum absolute atomic E-state index is 0.186. The Morgan fingerprint density at radius 1 is 1.54 bits per heavy atom. The summed E-state index contributed by atoms with van der Waals surface area (Å²) in [7, 11) is -2.40. The number of sulfonamides is 1. The number of rotatable bonds is 3. The predicted molar refractivity (Wildman–Crippen MR) is 43.5 cm³/mol. The second kappa shape index (κ2) is 3.19. The smallest absolute Gasteiger partial charge is 0.284 e. The van der Waals surface area contributed by atoms with Gasteiger partial charge in [0.25, 0.3) is 15.9 Å². The second-order valence-electron chi connectivity index (χ2n) is 2.19. The van der Waals surface area contributed by atoms with E-state index in [1.807, 2.05) is 4.72 Å². The maximum atomic E-state index is 11.1. The van der Waals surface area contributed by atoms with Crippen LogP contribution in [-0.2, 0) is 10.0 Å². The van der Waals surface area contributed by atoms with Crippen LogP contribution in [0, 0.1) is 0 Å². The van der Waals surface area contributed by atoms with E-state index in [-0.39, 0.29) is 10.9 Å². The van der Waals surface area contributed by atoms with Gasteiger partial charge in [-0.1, -0.05) is 0 Å². The van der Waals surface area contributed by atoms with Crippen LogP contribution in [-0.4, -0.2) is 21.4 Å². The highest BCUT2D eigenvalue weighted by Gasteiger charge is 2.17. The van der Waals surface area contributed by atoms with Crippen molar-refractivity contribution in [2.24, 2.45) is 5.73 Å². The van der Waals surface area contributed by atoms with Crippen molar-refractivity contribution in [2.45, 2.75) is 5.09 Å². The standard InChI is InChI=1S/C6H8N2O4S/c1-8-13(10,11)5-3-2-4(12-5)6(7)9/h2-3,8H,1H3,(H2,7,9). The van der Waals surface area contributed by atoms with Crippen LogP contribution in [0.5, 0.6) is 0 Å². The van der Waals surface area contributed by atoms with Crippen LogP contribution in [0.25, 0.3) is 0 Å². The molecule has 3 N–H and O–H groups in total. The Bertz CT molecular complexity index is 420. The lowest BCUT2D eigenvalue weighted by molar-refractivity contribution is 0.0968. The summed E-state index contributed by atoms with van der Waals surface area (Å²) in [5, 5.41) is -0.330. The number of hydrogen-bond acceptors (Lipinski definition) is 4. The summed E-state index contributed by atoms with van der Waals surface area (Å²) in [6.45, 7) is 0. The van der Waals surface area contributed by atoms with Crippen molar-refractivity contribution in [1.29, 1.82) is 0 Å². The largest absolute Gasteiger partial charge is 0.438 e. The molecule has 0 fully saturated rings. The summed E-state index contributed by atoms with van der Waals surface area (Å²) in [6, 6.07) is 2.36. The van der Waals surface area contributed by atoms with Crippen molar-refractivity contribution in [3.63, 3.8) is 0 Å². The van der Waals surface area contributed by atoms with Crippen LogP contribution in [0.1, 0.15) is 10.6 Å². The van der Waals surface area contributed by atoms with Gasteiger partial charge in [0.2, 0.25) is 5.09 Å². The van der Waals surface area contributed by atoms with Crippen LogP contribution in [0.15, 0.2) is 21.6 Å². The first-order valence-corrected chi connectivity index (χ1v) is 4.79. The number of amides is 1. The SMILES string of the molecule is CNS(=O)(=O)c1ccc(C(N)=O)o1. The zero-order valence-corrected chi connectivity index (χ0v) is 7.59. The molecule has 0 radical (unpaired) electrons. The third-order valence-corrected chi connectivity index (χ3v) is 2.64. The van der Waals surface area contributed by atoms with E-state index < -0.39 is 15.9 Å². The Balaban J connectivity index is 3.13. The average molecular weight is 204 g/mol. The molecule has 0 spiro atoms. The van der Waals surface area contributed by atoms with Gasteiger partial charge in [-0.05, 0) is 19.2 Å². The highest BCUT2D eigenvalue weighted by Crippen LogP contribution is 2.12. The van der Waals surface area contributed by atoms with E-state index in [0.29, 0.717) is 0 Å². The first-order chi connectivity index (χ1) is 5.97. The zero-order chi connectivity index (χ0) is 10.1. The van der Waals surface area contributed by atoms with Crippen molar-refractivity contribution < 1.29 is 17.6 Å². The molecule has 7 heteroatoms. The number of nitrogens with one attached hydrogen (secondary N) is 1. The van der Waals surface area contributed by atoms with E-state index in [0.717, 1.165) is 6.07 Å². The molecule has 1 aromatic heterocycles. The Morgan fingerprint density at radius 3 is 2.54 bits per heavy atom. The molecule has 1 aromatic rings. The molecule has 0 bridgehead atoms. The fourth-order valence-corrected chi connectivity index (χ4v) is 1.35.